The van der Waals surface area contributed by atoms with E-state index in [9.17, 15) is 14.9 Å². The van der Waals surface area contributed by atoms with Crippen molar-refractivity contribution >= 4 is 11.5 Å². The monoisotopic (exact) mass is 253 g/mol. The number of ether oxygens (including phenoxy) is 1. The minimum Gasteiger partial charge on any atom is -0.380 e. The second kappa shape index (κ2) is 5.28. The molecule has 98 valence electrons. The third-order valence-electron chi connectivity index (χ3n) is 3.11. The third-order valence-corrected chi connectivity index (χ3v) is 3.11. The highest BCUT2D eigenvalue weighted by atomic mass is 16.6. The van der Waals surface area contributed by atoms with Crippen LogP contribution in [0.2, 0.25) is 0 Å². The molecule has 1 saturated heterocycles. The average molecular weight is 253 g/mol. The van der Waals surface area contributed by atoms with Gasteiger partial charge in [-0.3, -0.25) is 19.8 Å². The Morgan fingerprint density at radius 1 is 1.72 bits per heavy atom. The largest absolute Gasteiger partial charge is 0.380 e. The highest BCUT2D eigenvalue weighted by Gasteiger charge is 2.25. The number of carbonyl (C=O) groups is 1. The van der Waals surface area contributed by atoms with Crippen molar-refractivity contribution in [2.45, 2.75) is 12.5 Å². The predicted octanol–water partition coefficient (Wildman–Crippen LogP) is 0.826. The van der Waals surface area contributed by atoms with Crippen molar-refractivity contribution < 1.29 is 14.5 Å². The van der Waals surface area contributed by atoms with Crippen molar-refractivity contribution in [3.63, 3.8) is 0 Å². The molecule has 1 N–H and O–H groups in total. The summed E-state index contributed by atoms with van der Waals surface area (Å²) in [6.45, 7) is 1.80. The lowest BCUT2D eigenvalue weighted by Crippen LogP contribution is -2.29. The summed E-state index contributed by atoms with van der Waals surface area (Å²) in [5.41, 5.74) is 0.192. The van der Waals surface area contributed by atoms with Gasteiger partial charge in [-0.1, -0.05) is 0 Å². The van der Waals surface area contributed by atoms with Crippen molar-refractivity contribution in [2.75, 3.05) is 26.7 Å². The summed E-state index contributed by atoms with van der Waals surface area (Å²) in [4.78, 5) is 26.5. The lowest BCUT2D eigenvalue weighted by Gasteiger charge is -2.13. The van der Waals surface area contributed by atoms with Gasteiger partial charge in [-0.15, -0.1) is 0 Å². The zero-order valence-corrected chi connectivity index (χ0v) is 10.1. The van der Waals surface area contributed by atoms with Crippen LogP contribution in [0, 0.1) is 10.1 Å². The highest BCUT2D eigenvalue weighted by Crippen LogP contribution is 2.15. The number of methoxy groups -OCH3 is 1. The van der Waals surface area contributed by atoms with E-state index in [1.165, 1.54) is 12.3 Å². The molecule has 0 spiro atoms. The summed E-state index contributed by atoms with van der Waals surface area (Å²) in [6, 6.07) is 1.27. The van der Waals surface area contributed by atoms with Crippen LogP contribution in [0.3, 0.4) is 0 Å². The fourth-order valence-electron chi connectivity index (χ4n) is 2.07. The molecule has 0 saturated carbocycles. The number of nitrogens with zero attached hydrogens (tertiary/aromatic N) is 2. The normalized spacial score (nSPS) is 20.2. The number of rotatable bonds is 5. The number of aromatic nitrogens is 1. The van der Waals surface area contributed by atoms with Crippen LogP contribution in [0.4, 0.5) is 5.69 Å². The number of H-pyrrole nitrogens is 1. The number of nitro groups is 1. The third kappa shape index (κ3) is 2.74. The van der Waals surface area contributed by atoms with Crippen LogP contribution in [0.5, 0.6) is 0 Å². The average Bonchev–Trinajstić information content (AvgIpc) is 2.97. The molecule has 1 aliphatic heterocycles. The van der Waals surface area contributed by atoms with Gasteiger partial charge in [0.25, 0.3) is 5.69 Å². The molecule has 1 aromatic rings. The van der Waals surface area contributed by atoms with E-state index in [0.717, 1.165) is 19.5 Å². The summed E-state index contributed by atoms with van der Waals surface area (Å²) >= 11 is 0. The lowest BCUT2D eigenvalue weighted by atomic mass is 10.2. The summed E-state index contributed by atoms with van der Waals surface area (Å²) in [5.74, 6) is -0.139. The molecule has 7 heteroatoms. The minimum absolute atomic E-state index is 0.0884. The van der Waals surface area contributed by atoms with Crippen LogP contribution >= 0.6 is 0 Å². The van der Waals surface area contributed by atoms with E-state index in [0.29, 0.717) is 0 Å². The molecule has 0 aliphatic carbocycles. The van der Waals surface area contributed by atoms with E-state index >= 15 is 0 Å². The van der Waals surface area contributed by atoms with Crippen molar-refractivity contribution in [1.29, 1.82) is 0 Å². The van der Waals surface area contributed by atoms with Gasteiger partial charge in [0.1, 0.15) is 0 Å². The van der Waals surface area contributed by atoms with Gasteiger partial charge in [-0.2, -0.15) is 0 Å². The Kier molecular flexibility index (Phi) is 3.73. The van der Waals surface area contributed by atoms with Gasteiger partial charge < -0.3 is 9.72 Å². The van der Waals surface area contributed by atoms with Gasteiger partial charge >= 0.3 is 0 Å². The molecule has 1 fully saturated rings. The van der Waals surface area contributed by atoms with Crippen molar-refractivity contribution in [2.24, 2.45) is 0 Å². The van der Waals surface area contributed by atoms with Crippen LogP contribution in [0.15, 0.2) is 12.3 Å². The Morgan fingerprint density at radius 3 is 3.06 bits per heavy atom. The molecule has 0 bridgehead atoms. The van der Waals surface area contributed by atoms with E-state index in [1.807, 2.05) is 4.90 Å². The Bertz CT molecular complexity index is 457. The Morgan fingerprint density at radius 2 is 2.50 bits per heavy atom. The first-order chi connectivity index (χ1) is 8.60. The van der Waals surface area contributed by atoms with Gasteiger partial charge in [-0.05, 0) is 6.42 Å². The summed E-state index contributed by atoms with van der Waals surface area (Å²) < 4.78 is 5.21. The number of likely N-dealkylation sites (tertiary alicyclic amines) is 1. The van der Waals surface area contributed by atoms with Crippen molar-refractivity contribution in [3.05, 3.63) is 28.1 Å². The zero-order valence-electron chi connectivity index (χ0n) is 10.1. The van der Waals surface area contributed by atoms with Crippen molar-refractivity contribution in [3.8, 4) is 0 Å². The molecule has 2 heterocycles. The molecular weight excluding hydrogens is 238 g/mol. The molecule has 7 nitrogen and oxygen atoms in total. The van der Waals surface area contributed by atoms with Gasteiger partial charge in [0, 0.05) is 26.3 Å². The molecule has 0 aromatic carbocycles. The van der Waals surface area contributed by atoms with E-state index in [1.54, 1.807) is 7.11 Å². The number of aromatic amines is 1. The SMILES string of the molecule is COC1CCN(CC(=O)c2cc([N+](=O)[O-])c[nH]2)C1. The van der Waals surface area contributed by atoms with Crippen LogP contribution in [-0.4, -0.2) is 53.4 Å². The number of hydrogen-bond donors (Lipinski definition) is 1. The fourth-order valence-corrected chi connectivity index (χ4v) is 2.07. The first kappa shape index (κ1) is 12.7. The lowest BCUT2D eigenvalue weighted by molar-refractivity contribution is -0.384. The first-order valence-electron chi connectivity index (χ1n) is 5.71. The van der Waals surface area contributed by atoms with Crippen LogP contribution in [0.25, 0.3) is 0 Å². The first-order valence-corrected chi connectivity index (χ1v) is 5.71. The number of hydrogen-bond acceptors (Lipinski definition) is 5. The van der Waals surface area contributed by atoms with Crippen LogP contribution in [-0.2, 0) is 4.74 Å². The maximum atomic E-state index is 11.9. The van der Waals surface area contributed by atoms with Gasteiger partial charge in [-0.25, -0.2) is 0 Å². The quantitative estimate of drug-likeness (QED) is 0.477. The van der Waals surface area contributed by atoms with E-state index in [-0.39, 0.29) is 29.8 Å². The molecule has 2 rings (SSSR count). The molecule has 18 heavy (non-hydrogen) atoms. The molecule has 1 aliphatic rings. The zero-order chi connectivity index (χ0) is 13.1. The minimum atomic E-state index is -0.524. The number of ketones is 1. The molecule has 0 radical (unpaired) electrons. The van der Waals surface area contributed by atoms with Gasteiger partial charge in [0.15, 0.2) is 5.78 Å². The second-order valence-electron chi connectivity index (χ2n) is 4.33. The van der Waals surface area contributed by atoms with Gasteiger partial charge in [0.2, 0.25) is 0 Å². The molecule has 1 atom stereocenters. The molecule has 1 unspecified atom stereocenters. The summed E-state index contributed by atoms with van der Waals surface area (Å²) in [6.07, 6.45) is 2.32. The summed E-state index contributed by atoms with van der Waals surface area (Å²) in [5, 5.41) is 10.5. The Balaban J connectivity index is 1.93. The van der Waals surface area contributed by atoms with Crippen molar-refractivity contribution in [1.82, 2.24) is 9.88 Å². The molecule has 0 amide bonds. The van der Waals surface area contributed by atoms with E-state index < -0.39 is 4.92 Å². The number of carbonyl (C=O) groups excluding carboxylic acids is 1. The fraction of sp³-hybridized carbons (Fsp3) is 0.545. The molecule has 1 aromatic heterocycles. The number of Topliss-reactive ketones (excluding diaryl/α,β-unsaturated/α-hetero) is 1. The smallest absolute Gasteiger partial charge is 0.287 e. The van der Waals surface area contributed by atoms with Crippen LogP contribution in [0.1, 0.15) is 16.9 Å². The van der Waals surface area contributed by atoms with Gasteiger partial charge in [0.05, 0.1) is 29.5 Å². The standard InChI is InChI=1S/C11H15N3O4/c1-18-9-2-3-13(6-9)7-11(15)10-4-8(5-12-10)14(16)17/h4-5,9,12H,2-3,6-7H2,1H3. The second-order valence-corrected chi connectivity index (χ2v) is 4.33. The maximum absolute atomic E-state index is 11.9. The van der Waals surface area contributed by atoms with E-state index in [2.05, 4.69) is 4.98 Å². The highest BCUT2D eigenvalue weighted by molar-refractivity contribution is 5.96. The summed E-state index contributed by atoms with van der Waals surface area (Å²) in [7, 11) is 1.66. The Labute approximate surface area is 104 Å². The topological polar surface area (TPSA) is 88.5 Å². The Hall–Kier alpha value is -1.73. The maximum Gasteiger partial charge on any atom is 0.287 e. The van der Waals surface area contributed by atoms with Crippen LogP contribution < -0.4 is 0 Å². The van der Waals surface area contributed by atoms with E-state index in [4.69, 9.17) is 4.74 Å². The molecular formula is C11H15N3O4. The number of nitrogens with one attached hydrogen (secondary N) is 1. The predicted molar refractivity (Wildman–Crippen MR) is 63.6 cm³/mol.